The topological polar surface area (TPSA) is 209 Å². The number of hydrogen-bond donors (Lipinski definition) is 6. The molecule has 0 aromatic heterocycles. The van der Waals surface area contributed by atoms with Gasteiger partial charge in [0.1, 0.15) is 35.1 Å². The first-order chi connectivity index (χ1) is 47.0. The predicted molar refractivity (Wildman–Crippen MR) is 401 cm³/mol. The predicted octanol–water partition coefficient (Wildman–Crippen LogP) is 15.3. The molecule has 8 aromatic carbocycles. The van der Waals surface area contributed by atoms with E-state index < -0.39 is 43.9 Å². The summed E-state index contributed by atoms with van der Waals surface area (Å²) in [6.07, 6.45) is 3.67. The first-order valence-electron chi connectivity index (χ1n) is 35.1. The van der Waals surface area contributed by atoms with Crippen LogP contribution in [0.4, 0.5) is 0 Å². The number of carbonyl (C=O) groups is 2. The first kappa shape index (κ1) is 75.9. The van der Waals surface area contributed by atoms with Gasteiger partial charge >= 0.3 is 0 Å². The molecule has 2 amide bonds. The molecule has 0 heterocycles. The zero-order valence-corrected chi connectivity index (χ0v) is 62.7. The average molecular weight is 1390 g/mol. The number of aryl methyl sites for hydroxylation is 2. The van der Waals surface area contributed by atoms with Crippen LogP contribution in [0.3, 0.4) is 0 Å². The van der Waals surface area contributed by atoms with E-state index in [4.69, 9.17) is 9.47 Å². The number of nitrogens with one attached hydrogen (secondary N) is 4. The van der Waals surface area contributed by atoms with Crippen LogP contribution in [0.5, 0.6) is 23.0 Å². The van der Waals surface area contributed by atoms with Gasteiger partial charge in [-0.2, -0.15) is 9.44 Å². The zero-order valence-electron chi connectivity index (χ0n) is 61.0. The van der Waals surface area contributed by atoms with Crippen molar-refractivity contribution < 1.29 is 46.1 Å². The number of benzene rings is 8. The highest BCUT2D eigenvalue weighted by Gasteiger charge is 2.32. The van der Waals surface area contributed by atoms with Gasteiger partial charge < -0.3 is 30.3 Å². The van der Waals surface area contributed by atoms with E-state index in [2.05, 4.69) is 152 Å². The molecule has 1 aliphatic carbocycles. The molecule has 100 heavy (non-hydrogen) atoms. The first-order valence-corrected chi connectivity index (χ1v) is 38.1. The van der Waals surface area contributed by atoms with E-state index in [0.29, 0.717) is 62.9 Å². The van der Waals surface area contributed by atoms with Crippen LogP contribution in [0.2, 0.25) is 0 Å². The Bertz CT molecular complexity index is 4030. The van der Waals surface area contributed by atoms with Gasteiger partial charge in [-0.25, -0.2) is 16.8 Å². The molecule has 6 N–H and O–H groups in total. The van der Waals surface area contributed by atoms with E-state index >= 15 is 0 Å². The molecule has 532 valence electrons. The Balaban J connectivity index is 1.03. The quantitative estimate of drug-likeness (QED) is 0.0315. The molecule has 8 bridgehead atoms. The number of unbranched alkanes of at least 4 members (excludes halogenated alkanes) is 2. The van der Waals surface area contributed by atoms with Crippen LogP contribution in [0, 0.1) is 13.8 Å². The minimum atomic E-state index is -4.04. The summed E-state index contributed by atoms with van der Waals surface area (Å²) < 4.78 is 74.3. The number of hydrogen-bond acceptors (Lipinski definition) is 10. The molecule has 0 radical (unpaired) electrons. The van der Waals surface area contributed by atoms with Crippen LogP contribution < -0.4 is 29.6 Å². The van der Waals surface area contributed by atoms with Gasteiger partial charge in [0.05, 0.1) is 23.0 Å². The summed E-state index contributed by atoms with van der Waals surface area (Å²) >= 11 is 0. The molecule has 8 aromatic rings. The summed E-state index contributed by atoms with van der Waals surface area (Å²) in [4.78, 5) is 28.2. The fraction of sp³-hybridized carbons (Fsp3) is 0.405. The Morgan fingerprint density at radius 1 is 0.400 bits per heavy atom. The lowest BCUT2D eigenvalue weighted by Gasteiger charge is -2.28. The zero-order chi connectivity index (χ0) is 72.5. The second-order valence-electron chi connectivity index (χ2n) is 31.3. The third kappa shape index (κ3) is 20.0. The van der Waals surface area contributed by atoms with Crippen LogP contribution in [0.1, 0.15) is 198 Å². The number of sulfonamides is 2. The normalized spacial score (nSPS) is 13.7. The molecular weight excluding hydrogens is 1290 g/mol. The van der Waals surface area contributed by atoms with Gasteiger partial charge in [-0.15, -0.1) is 0 Å². The standard InChI is InChI=1S/C84H104N4O10S2/c1-55-29-33-71(34-30-55)99(93,94)87-73(41-57-25-17-15-18-26-57)79(91)85-37-21-23-39-97-77-63-43-59-47-67(81(3,4)5)49-61(75(59)89)45-65-53-70(84(12,13)14)54-66(46-62-50-68(82(6,7)8)48-60(76(62)90)44-64(77)52-69(51-63)83(9,10)11)78(65)98-40-24-22-38-86-80(92)74(42-58-27-19-16-20-28-58)88-100(95,96)72-35-31-56(2)32-36-72/h15-20,25-36,47-54,73-74,87-90H,21-24,37-46H2,1-14H3,(H,85,91)(H,86,92)/t73-,74-/m1/s1. The highest BCUT2D eigenvalue weighted by atomic mass is 32.2. The van der Waals surface area contributed by atoms with Crippen LogP contribution in [0.15, 0.2) is 168 Å². The summed E-state index contributed by atoms with van der Waals surface area (Å²) in [6, 6.07) is 46.8. The Kier molecular flexibility index (Phi) is 24.1. The molecule has 0 fully saturated rings. The van der Waals surface area contributed by atoms with Gasteiger partial charge in [0, 0.05) is 38.8 Å². The fourth-order valence-electron chi connectivity index (χ4n) is 12.5. The highest BCUT2D eigenvalue weighted by molar-refractivity contribution is 7.89. The highest BCUT2D eigenvalue weighted by Crippen LogP contribution is 2.44. The number of ether oxygens (including phenoxy) is 2. The van der Waals surface area contributed by atoms with Gasteiger partial charge in [0.25, 0.3) is 0 Å². The van der Waals surface area contributed by atoms with Crippen molar-refractivity contribution in [3.05, 3.63) is 247 Å². The number of phenolic OH excluding ortho intramolecular Hbond substituents is 2. The van der Waals surface area contributed by atoms with E-state index in [1.165, 1.54) is 24.3 Å². The molecular formula is C84H104N4O10S2. The van der Waals surface area contributed by atoms with Crippen LogP contribution in [0.25, 0.3) is 0 Å². The maximum Gasteiger partial charge on any atom is 0.241 e. The van der Waals surface area contributed by atoms with E-state index in [9.17, 15) is 36.6 Å². The summed E-state index contributed by atoms with van der Waals surface area (Å²) in [5, 5.41) is 32.0. The third-order valence-electron chi connectivity index (χ3n) is 18.7. The maximum atomic E-state index is 14.0. The Morgan fingerprint density at radius 3 is 0.940 bits per heavy atom. The van der Waals surface area contributed by atoms with Crippen molar-refractivity contribution in [3.8, 4) is 23.0 Å². The van der Waals surface area contributed by atoms with Gasteiger partial charge in [-0.1, -0.05) is 228 Å². The minimum absolute atomic E-state index is 0.0773. The average Bonchev–Trinajstić information content (AvgIpc) is 0.772. The fourth-order valence-corrected chi connectivity index (χ4v) is 14.9. The number of carbonyl (C=O) groups excluding carboxylic acids is 2. The Morgan fingerprint density at radius 2 is 0.670 bits per heavy atom. The van der Waals surface area contributed by atoms with E-state index in [1.807, 2.05) is 74.5 Å². The lowest BCUT2D eigenvalue weighted by atomic mass is 9.79. The molecule has 0 unspecified atom stereocenters. The smallest absolute Gasteiger partial charge is 0.241 e. The monoisotopic (exact) mass is 1390 g/mol. The molecule has 0 aliphatic heterocycles. The molecule has 14 nitrogen and oxygen atoms in total. The van der Waals surface area contributed by atoms with Crippen molar-refractivity contribution in [1.29, 1.82) is 0 Å². The number of rotatable bonds is 24. The summed E-state index contributed by atoms with van der Waals surface area (Å²) in [7, 11) is -8.08. The Hall–Kier alpha value is -8.28. The molecule has 2 atom stereocenters. The van der Waals surface area contributed by atoms with Crippen LogP contribution >= 0.6 is 0 Å². The van der Waals surface area contributed by atoms with E-state index in [-0.39, 0.29) is 82.1 Å². The number of amides is 2. The molecule has 0 saturated carbocycles. The summed E-state index contributed by atoms with van der Waals surface area (Å²) in [6.45, 7) is 31.0. The second kappa shape index (κ2) is 31.7. The largest absolute Gasteiger partial charge is 0.507 e. The van der Waals surface area contributed by atoms with E-state index in [1.54, 1.807) is 24.3 Å². The molecule has 1 aliphatic rings. The molecule has 16 heteroatoms. The van der Waals surface area contributed by atoms with Crippen molar-refractivity contribution in [2.24, 2.45) is 0 Å². The van der Waals surface area contributed by atoms with Gasteiger partial charge in [-0.3, -0.25) is 9.59 Å². The van der Waals surface area contributed by atoms with Crippen LogP contribution in [-0.2, 0) is 89.8 Å². The third-order valence-corrected chi connectivity index (χ3v) is 21.7. The van der Waals surface area contributed by atoms with Gasteiger partial charge in [0.15, 0.2) is 0 Å². The van der Waals surface area contributed by atoms with Crippen molar-refractivity contribution >= 4 is 31.9 Å². The second-order valence-corrected chi connectivity index (χ2v) is 34.7. The SMILES string of the molecule is Cc1ccc(S(=O)(=O)N[C@H](Cc2ccccc2)C(=O)NCCCCOc2c3cc(C(C)(C)C)cc2Cc2cc(C(C)(C)C)cc(c2O)Cc2cc(C(C)(C)C)cc(c2OCCCCNC(=O)[C@@H](Cc2ccccc2)NS(=O)(=O)c2ccc(C)cc2)Cc2cc(C(C)(C)C)cc(c2O)C3)cc1. The van der Waals surface area contributed by atoms with Crippen molar-refractivity contribution in [2.45, 2.75) is 205 Å². The lowest BCUT2D eigenvalue weighted by molar-refractivity contribution is -0.123. The van der Waals surface area contributed by atoms with Gasteiger partial charge in [-0.05, 0) is 176 Å². The van der Waals surface area contributed by atoms with Crippen molar-refractivity contribution in [2.75, 3.05) is 26.3 Å². The van der Waals surface area contributed by atoms with Crippen LogP contribution in [-0.4, -0.2) is 77.2 Å². The van der Waals surface area contributed by atoms with Gasteiger partial charge in [0.2, 0.25) is 31.9 Å². The Labute approximate surface area is 595 Å². The summed E-state index contributed by atoms with van der Waals surface area (Å²) in [5.74, 6) is 0.786. The summed E-state index contributed by atoms with van der Waals surface area (Å²) in [5.41, 5.74) is 12.8. The number of aromatic hydroxyl groups is 2. The lowest BCUT2D eigenvalue weighted by Crippen LogP contribution is -2.48. The molecule has 9 rings (SSSR count). The maximum absolute atomic E-state index is 14.0. The van der Waals surface area contributed by atoms with E-state index in [0.717, 1.165) is 89.0 Å². The minimum Gasteiger partial charge on any atom is -0.507 e. The number of phenols is 2. The molecule has 0 saturated heterocycles. The number of fused-ring (bicyclic) bond motifs is 8. The van der Waals surface area contributed by atoms with Crippen molar-refractivity contribution in [3.63, 3.8) is 0 Å². The molecule has 0 spiro atoms. The van der Waals surface area contributed by atoms with Crippen molar-refractivity contribution in [1.82, 2.24) is 20.1 Å².